The predicted octanol–water partition coefficient (Wildman–Crippen LogP) is 5.75. The van der Waals surface area contributed by atoms with E-state index in [-0.39, 0.29) is 0 Å². The van der Waals surface area contributed by atoms with Gasteiger partial charge in [0.05, 0.1) is 6.54 Å². The van der Waals surface area contributed by atoms with E-state index < -0.39 is 0 Å². The van der Waals surface area contributed by atoms with Crippen molar-refractivity contribution in [1.29, 1.82) is 0 Å². The number of hydrogen-bond donors (Lipinski definition) is 1. The van der Waals surface area contributed by atoms with E-state index in [1.807, 2.05) is 18.2 Å². The molecule has 0 amide bonds. The molecule has 0 aliphatic heterocycles. The van der Waals surface area contributed by atoms with Crippen LogP contribution in [0.15, 0.2) is 65.4 Å². The second-order valence-electron chi connectivity index (χ2n) is 8.67. The van der Waals surface area contributed by atoms with Crippen molar-refractivity contribution in [2.24, 2.45) is 0 Å². The number of aromatic amines is 1. The zero-order valence-electron chi connectivity index (χ0n) is 19.9. The van der Waals surface area contributed by atoms with Crippen molar-refractivity contribution in [1.82, 2.24) is 35.4 Å². The molecule has 0 saturated carbocycles. The first-order chi connectivity index (χ1) is 17.3. The summed E-state index contributed by atoms with van der Waals surface area (Å²) >= 11 is 1.76. The third-order valence-electron chi connectivity index (χ3n) is 6.10. The molecule has 0 bridgehead atoms. The normalized spacial score (nSPS) is 11.2. The summed E-state index contributed by atoms with van der Waals surface area (Å²) in [6.07, 6.45) is 6.29. The van der Waals surface area contributed by atoms with Crippen molar-refractivity contribution in [3.05, 3.63) is 88.1 Å². The molecular formula is C27H29N7S. The fraction of sp³-hybridized carbons (Fsp3) is 0.296. The summed E-state index contributed by atoms with van der Waals surface area (Å²) in [6.45, 7) is 2.94. The van der Waals surface area contributed by atoms with Crippen molar-refractivity contribution in [3.8, 4) is 22.5 Å². The predicted molar refractivity (Wildman–Crippen MR) is 139 cm³/mol. The largest absolute Gasteiger partial charge is 0.245 e. The van der Waals surface area contributed by atoms with E-state index in [1.165, 1.54) is 11.1 Å². The number of nitrogens with zero attached hydrogens (tertiary/aromatic N) is 6. The van der Waals surface area contributed by atoms with E-state index in [0.717, 1.165) is 73.4 Å². The lowest BCUT2D eigenvalue weighted by Gasteiger charge is -2.09. The SMILES string of the molecule is CCCCc1nc(CCCc2ccsc2)nn1Cc1ccc(-c2ccccc2-c2nn[nH]n2)cc1. The van der Waals surface area contributed by atoms with Crippen LogP contribution in [0, 0.1) is 0 Å². The van der Waals surface area contributed by atoms with E-state index in [4.69, 9.17) is 10.1 Å². The molecule has 0 saturated heterocycles. The van der Waals surface area contributed by atoms with Crippen molar-refractivity contribution in [3.63, 3.8) is 0 Å². The third-order valence-corrected chi connectivity index (χ3v) is 6.83. The number of tetrazole rings is 1. The van der Waals surface area contributed by atoms with Crippen LogP contribution in [0.2, 0.25) is 0 Å². The average Bonchev–Trinajstić information content (AvgIpc) is 3.67. The maximum absolute atomic E-state index is 4.90. The van der Waals surface area contributed by atoms with Crippen LogP contribution in [0.4, 0.5) is 0 Å². The fourth-order valence-corrected chi connectivity index (χ4v) is 4.94. The lowest BCUT2D eigenvalue weighted by atomic mass is 9.98. The second kappa shape index (κ2) is 11.2. The van der Waals surface area contributed by atoms with Crippen LogP contribution in [-0.2, 0) is 25.8 Å². The Labute approximate surface area is 209 Å². The molecule has 0 aliphatic rings. The van der Waals surface area contributed by atoms with E-state index in [2.05, 4.69) is 79.4 Å². The fourth-order valence-electron chi connectivity index (χ4n) is 4.23. The molecule has 5 rings (SSSR count). The van der Waals surface area contributed by atoms with E-state index in [0.29, 0.717) is 5.82 Å². The molecular weight excluding hydrogens is 454 g/mol. The lowest BCUT2D eigenvalue weighted by molar-refractivity contribution is 0.612. The van der Waals surface area contributed by atoms with Crippen LogP contribution >= 0.6 is 11.3 Å². The quantitative estimate of drug-likeness (QED) is 0.258. The summed E-state index contributed by atoms with van der Waals surface area (Å²) in [4.78, 5) is 4.90. The Hall–Kier alpha value is -3.65. The maximum atomic E-state index is 4.90. The topological polar surface area (TPSA) is 85.2 Å². The minimum atomic E-state index is 0.597. The van der Waals surface area contributed by atoms with Crippen molar-refractivity contribution >= 4 is 11.3 Å². The molecule has 1 N–H and O–H groups in total. The Morgan fingerprint density at radius 1 is 0.886 bits per heavy atom. The van der Waals surface area contributed by atoms with Gasteiger partial charge in [0.15, 0.2) is 5.82 Å². The van der Waals surface area contributed by atoms with Gasteiger partial charge in [-0.15, -0.1) is 10.2 Å². The maximum Gasteiger partial charge on any atom is 0.205 e. The molecule has 0 aliphatic carbocycles. The number of H-pyrrole nitrogens is 1. The number of rotatable bonds is 11. The summed E-state index contributed by atoms with van der Waals surface area (Å²) in [6, 6.07) is 19.0. The number of benzene rings is 2. The van der Waals surface area contributed by atoms with Gasteiger partial charge in [-0.2, -0.15) is 21.6 Å². The minimum absolute atomic E-state index is 0.597. The highest BCUT2D eigenvalue weighted by molar-refractivity contribution is 7.07. The van der Waals surface area contributed by atoms with Gasteiger partial charge in [-0.3, -0.25) is 0 Å². The molecule has 35 heavy (non-hydrogen) atoms. The van der Waals surface area contributed by atoms with Gasteiger partial charge in [0.25, 0.3) is 0 Å². The smallest absolute Gasteiger partial charge is 0.205 e. The van der Waals surface area contributed by atoms with E-state index in [1.54, 1.807) is 11.3 Å². The van der Waals surface area contributed by atoms with Crippen molar-refractivity contribution in [2.75, 3.05) is 0 Å². The van der Waals surface area contributed by atoms with Gasteiger partial charge in [0, 0.05) is 18.4 Å². The van der Waals surface area contributed by atoms with Gasteiger partial charge >= 0.3 is 0 Å². The zero-order chi connectivity index (χ0) is 23.9. The van der Waals surface area contributed by atoms with Crippen LogP contribution in [0.5, 0.6) is 0 Å². The van der Waals surface area contributed by atoms with Crippen LogP contribution in [-0.4, -0.2) is 35.4 Å². The molecule has 0 radical (unpaired) electrons. The van der Waals surface area contributed by atoms with Crippen molar-refractivity contribution in [2.45, 2.75) is 52.0 Å². The summed E-state index contributed by atoms with van der Waals surface area (Å²) in [5, 5.41) is 23.8. The Morgan fingerprint density at radius 3 is 2.49 bits per heavy atom. The molecule has 5 aromatic rings. The van der Waals surface area contributed by atoms with E-state index >= 15 is 0 Å². The highest BCUT2D eigenvalue weighted by Gasteiger charge is 2.13. The Morgan fingerprint density at radius 2 is 1.74 bits per heavy atom. The highest BCUT2D eigenvalue weighted by Crippen LogP contribution is 2.29. The minimum Gasteiger partial charge on any atom is -0.245 e. The molecule has 7 nitrogen and oxygen atoms in total. The Kier molecular flexibility index (Phi) is 7.38. The van der Waals surface area contributed by atoms with Gasteiger partial charge in [0.1, 0.15) is 5.82 Å². The average molecular weight is 484 g/mol. The molecule has 3 heterocycles. The molecule has 0 spiro atoms. The van der Waals surface area contributed by atoms with Gasteiger partial charge in [-0.1, -0.05) is 61.9 Å². The standard InChI is InChI=1S/C27H29N7S/c1-2-3-11-26-28-25(10-6-7-21-16-17-35-19-21)31-34(26)18-20-12-14-22(15-13-20)23-8-4-5-9-24(23)27-29-32-33-30-27/h4-5,8-9,12-17,19H,2-3,6-7,10-11,18H2,1H3,(H,29,30,32,33). The molecule has 0 fully saturated rings. The highest BCUT2D eigenvalue weighted by atomic mass is 32.1. The monoisotopic (exact) mass is 483 g/mol. The first kappa shape index (κ1) is 23.1. The summed E-state index contributed by atoms with van der Waals surface area (Å²) in [5.41, 5.74) is 5.77. The number of aryl methyl sites for hydroxylation is 3. The molecule has 0 unspecified atom stereocenters. The molecule has 8 heteroatoms. The van der Waals surface area contributed by atoms with Crippen LogP contribution < -0.4 is 0 Å². The van der Waals surface area contributed by atoms with Crippen molar-refractivity contribution < 1.29 is 0 Å². The van der Waals surface area contributed by atoms with Gasteiger partial charge in [-0.25, -0.2) is 9.67 Å². The number of aromatic nitrogens is 7. The number of hydrogen-bond acceptors (Lipinski definition) is 6. The van der Waals surface area contributed by atoms with Crippen LogP contribution in [0.1, 0.15) is 49.0 Å². The molecule has 178 valence electrons. The Bertz CT molecular complexity index is 1320. The third kappa shape index (κ3) is 5.71. The lowest BCUT2D eigenvalue weighted by Crippen LogP contribution is -2.07. The summed E-state index contributed by atoms with van der Waals surface area (Å²) < 4.78 is 2.10. The van der Waals surface area contributed by atoms with Crippen LogP contribution in [0.25, 0.3) is 22.5 Å². The first-order valence-corrected chi connectivity index (χ1v) is 13.1. The van der Waals surface area contributed by atoms with E-state index in [9.17, 15) is 0 Å². The Balaban J connectivity index is 1.31. The van der Waals surface area contributed by atoms with Gasteiger partial charge < -0.3 is 0 Å². The summed E-state index contributed by atoms with van der Waals surface area (Å²) in [5.74, 6) is 2.64. The zero-order valence-corrected chi connectivity index (χ0v) is 20.7. The second-order valence-corrected chi connectivity index (χ2v) is 9.45. The summed E-state index contributed by atoms with van der Waals surface area (Å²) in [7, 11) is 0. The number of unbranched alkanes of at least 4 members (excludes halogenated alkanes) is 1. The van der Waals surface area contributed by atoms with Gasteiger partial charge in [-0.05, 0) is 63.6 Å². The first-order valence-electron chi connectivity index (χ1n) is 12.2. The van der Waals surface area contributed by atoms with Gasteiger partial charge in [0.2, 0.25) is 5.82 Å². The molecule has 0 atom stereocenters. The number of thiophene rings is 1. The molecule has 2 aromatic carbocycles. The molecule has 3 aromatic heterocycles. The van der Waals surface area contributed by atoms with Crippen LogP contribution in [0.3, 0.4) is 0 Å². The number of nitrogens with one attached hydrogen (secondary N) is 1.